The first kappa shape index (κ1) is 18.5. The van der Waals surface area contributed by atoms with Gasteiger partial charge in [-0.15, -0.1) is 0 Å². The van der Waals surface area contributed by atoms with E-state index in [1.54, 1.807) is 30.5 Å². The Bertz CT molecular complexity index is 1080. The van der Waals surface area contributed by atoms with Gasteiger partial charge in [0, 0.05) is 6.20 Å². The van der Waals surface area contributed by atoms with Gasteiger partial charge in [-0.3, -0.25) is 9.52 Å². The first-order valence-electron chi connectivity index (χ1n) is 7.96. The number of hydrogen-bond donors (Lipinski definition) is 2. The van der Waals surface area contributed by atoms with E-state index in [2.05, 4.69) is 15.0 Å². The zero-order chi connectivity index (χ0) is 19.4. The van der Waals surface area contributed by atoms with Gasteiger partial charge in [-0.1, -0.05) is 12.1 Å². The Morgan fingerprint density at radius 2 is 1.74 bits per heavy atom. The summed E-state index contributed by atoms with van der Waals surface area (Å²) < 4.78 is 40.4. The van der Waals surface area contributed by atoms with Crippen LogP contribution in [0.25, 0.3) is 0 Å². The van der Waals surface area contributed by atoms with Crippen LogP contribution >= 0.6 is 0 Å². The maximum atomic E-state index is 13.0. The highest BCUT2D eigenvalue weighted by Gasteiger charge is 2.19. The summed E-state index contributed by atoms with van der Waals surface area (Å²) in [6.07, 6.45) is 1.56. The van der Waals surface area contributed by atoms with E-state index in [-0.39, 0.29) is 16.1 Å². The summed E-state index contributed by atoms with van der Waals surface area (Å²) in [6, 6.07) is 14.1. The maximum absolute atomic E-state index is 13.0. The zero-order valence-electron chi connectivity index (χ0n) is 14.3. The number of aryl methyl sites for hydroxylation is 1. The van der Waals surface area contributed by atoms with Crippen LogP contribution in [0.3, 0.4) is 0 Å². The number of sulfonamides is 1. The first-order chi connectivity index (χ1) is 12.8. The lowest BCUT2D eigenvalue weighted by Crippen LogP contribution is -2.19. The van der Waals surface area contributed by atoms with Crippen molar-refractivity contribution < 1.29 is 17.6 Å². The molecule has 1 heterocycles. The highest BCUT2D eigenvalue weighted by Crippen LogP contribution is 2.21. The van der Waals surface area contributed by atoms with Gasteiger partial charge in [0.25, 0.3) is 15.9 Å². The Labute approximate surface area is 156 Å². The molecule has 0 aliphatic carbocycles. The third kappa shape index (κ3) is 4.48. The van der Waals surface area contributed by atoms with Gasteiger partial charge in [0.05, 0.1) is 16.1 Å². The van der Waals surface area contributed by atoms with E-state index in [1.165, 1.54) is 12.1 Å². The Morgan fingerprint density at radius 1 is 1.04 bits per heavy atom. The molecule has 0 saturated carbocycles. The standard InChI is InChI=1S/C19H16FN3O3S/c1-13-10-11-21-18(12-13)22-19(24)16-4-2-3-5-17(16)23-27(25,26)15-8-6-14(20)7-9-15/h2-12,23H,1H3,(H,21,22,24). The molecule has 3 rings (SSSR count). The number of aromatic nitrogens is 1. The van der Waals surface area contributed by atoms with Crippen LogP contribution in [-0.4, -0.2) is 19.3 Å². The largest absolute Gasteiger partial charge is 0.306 e. The minimum Gasteiger partial charge on any atom is -0.306 e. The number of carbonyl (C=O) groups is 1. The number of amides is 1. The van der Waals surface area contributed by atoms with Crippen molar-refractivity contribution in [2.24, 2.45) is 0 Å². The van der Waals surface area contributed by atoms with Gasteiger partial charge in [-0.25, -0.2) is 17.8 Å². The lowest BCUT2D eigenvalue weighted by Gasteiger charge is -2.12. The van der Waals surface area contributed by atoms with E-state index in [1.807, 2.05) is 6.92 Å². The van der Waals surface area contributed by atoms with Crippen molar-refractivity contribution in [3.8, 4) is 0 Å². The Morgan fingerprint density at radius 3 is 2.44 bits per heavy atom. The van der Waals surface area contributed by atoms with Gasteiger partial charge in [0.2, 0.25) is 0 Å². The summed E-state index contributed by atoms with van der Waals surface area (Å²) in [5, 5.41) is 2.64. The molecule has 2 N–H and O–H groups in total. The Balaban J connectivity index is 1.87. The van der Waals surface area contributed by atoms with E-state index in [4.69, 9.17) is 0 Å². The average Bonchev–Trinajstić information content (AvgIpc) is 2.62. The van der Waals surface area contributed by atoms with Gasteiger partial charge in [-0.05, 0) is 61.0 Å². The summed E-state index contributed by atoms with van der Waals surface area (Å²) in [5.74, 6) is -0.693. The van der Waals surface area contributed by atoms with Gasteiger partial charge < -0.3 is 5.32 Å². The smallest absolute Gasteiger partial charge is 0.261 e. The van der Waals surface area contributed by atoms with Crippen molar-refractivity contribution in [2.75, 3.05) is 10.0 Å². The second kappa shape index (κ2) is 7.55. The second-order valence-corrected chi connectivity index (χ2v) is 7.46. The summed E-state index contributed by atoms with van der Waals surface area (Å²) in [6.45, 7) is 1.86. The van der Waals surface area contributed by atoms with Crippen LogP contribution in [0.1, 0.15) is 15.9 Å². The molecule has 8 heteroatoms. The molecule has 0 aliphatic rings. The van der Waals surface area contributed by atoms with Gasteiger partial charge in [0.1, 0.15) is 11.6 Å². The van der Waals surface area contributed by atoms with Crippen molar-refractivity contribution >= 4 is 27.4 Å². The van der Waals surface area contributed by atoms with Crippen LogP contribution in [0.4, 0.5) is 15.9 Å². The van der Waals surface area contributed by atoms with Crippen LogP contribution in [0.5, 0.6) is 0 Å². The molecule has 3 aromatic rings. The highest BCUT2D eigenvalue weighted by molar-refractivity contribution is 7.92. The topological polar surface area (TPSA) is 88.2 Å². The van der Waals surface area contributed by atoms with Crippen molar-refractivity contribution in [1.82, 2.24) is 4.98 Å². The van der Waals surface area contributed by atoms with E-state index in [9.17, 15) is 17.6 Å². The second-order valence-electron chi connectivity index (χ2n) is 5.78. The number of pyridine rings is 1. The van der Waals surface area contributed by atoms with Crippen molar-refractivity contribution in [3.05, 3.63) is 83.8 Å². The summed E-state index contributed by atoms with van der Waals surface area (Å²) >= 11 is 0. The number of carbonyl (C=O) groups excluding carboxylic acids is 1. The molecule has 6 nitrogen and oxygen atoms in total. The van der Waals surface area contributed by atoms with Crippen molar-refractivity contribution in [1.29, 1.82) is 0 Å². The van der Waals surface area contributed by atoms with Crippen LogP contribution in [0.2, 0.25) is 0 Å². The SMILES string of the molecule is Cc1ccnc(NC(=O)c2ccccc2NS(=O)(=O)c2ccc(F)cc2)c1. The third-order valence-corrected chi connectivity index (χ3v) is 5.08. The van der Waals surface area contributed by atoms with Gasteiger partial charge >= 0.3 is 0 Å². The molecule has 0 unspecified atom stereocenters. The molecule has 1 aromatic heterocycles. The fraction of sp³-hybridized carbons (Fsp3) is 0.0526. The molecule has 138 valence electrons. The van der Waals surface area contributed by atoms with Crippen LogP contribution in [0.15, 0.2) is 71.8 Å². The predicted molar refractivity (Wildman–Crippen MR) is 101 cm³/mol. The number of halogens is 1. The number of anilines is 2. The molecule has 0 aliphatic heterocycles. The molecule has 0 saturated heterocycles. The quantitative estimate of drug-likeness (QED) is 0.703. The highest BCUT2D eigenvalue weighted by atomic mass is 32.2. The Kier molecular flexibility index (Phi) is 5.18. The number of hydrogen-bond acceptors (Lipinski definition) is 4. The lowest BCUT2D eigenvalue weighted by molar-refractivity contribution is 0.102. The van der Waals surface area contributed by atoms with Crippen LogP contribution < -0.4 is 10.0 Å². The third-order valence-electron chi connectivity index (χ3n) is 3.70. The molecular formula is C19H16FN3O3S. The number of benzene rings is 2. The summed E-state index contributed by atoms with van der Waals surface area (Å²) in [5.41, 5.74) is 1.16. The van der Waals surface area contributed by atoms with Crippen LogP contribution in [0, 0.1) is 12.7 Å². The number of nitrogens with one attached hydrogen (secondary N) is 2. The van der Waals surface area contributed by atoms with Gasteiger partial charge in [-0.2, -0.15) is 0 Å². The number of rotatable bonds is 5. The first-order valence-corrected chi connectivity index (χ1v) is 9.45. The lowest BCUT2D eigenvalue weighted by atomic mass is 10.1. The van der Waals surface area contributed by atoms with E-state index < -0.39 is 21.7 Å². The fourth-order valence-corrected chi connectivity index (χ4v) is 3.46. The summed E-state index contributed by atoms with van der Waals surface area (Å²) in [4.78, 5) is 16.5. The van der Waals surface area contributed by atoms with Gasteiger partial charge in [0.15, 0.2) is 0 Å². The molecule has 0 bridgehead atoms. The molecule has 0 spiro atoms. The summed E-state index contributed by atoms with van der Waals surface area (Å²) in [7, 11) is -3.98. The molecule has 0 atom stereocenters. The molecular weight excluding hydrogens is 369 g/mol. The normalized spacial score (nSPS) is 11.0. The number of nitrogens with zero attached hydrogens (tertiary/aromatic N) is 1. The zero-order valence-corrected chi connectivity index (χ0v) is 15.1. The molecule has 27 heavy (non-hydrogen) atoms. The van der Waals surface area contributed by atoms with Crippen molar-refractivity contribution in [2.45, 2.75) is 11.8 Å². The Hall–Kier alpha value is -3.26. The van der Waals surface area contributed by atoms with E-state index in [0.717, 1.165) is 29.8 Å². The minimum absolute atomic E-state index is 0.104. The monoisotopic (exact) mass is 385 g/mol. The predicted octanol–water partition coefficient (Wildman–Crippen LogP) is 3.58. The van der Waals surface area contributed by atoms with E-state index in [0.29, 0.717) is 5.82 Å². The van der Waals surface area contributed by atoms with Crippen LogP contribution in [-0.2, 0) is 10.0 Å². The average molecular weight is 385 g/mol. The maximum Gasteiger partial charge on any atom is 0.261 e. The fourth-order valence-electron chi connectivity index (χ4n) is 2.38. The molecule has 2 aromatic carbocycles. The van der Waals surface area contributed by atoms with Crippen molar-refractivity contribution in [3.63, 3.8) is 0 Å². The molecule has 0 fully saturated rings. The minimum atomic E-state index is -3.98. The molecule has 1 amide bonds. The number of para-hydroxylation sites is 1. The molecule has 0 radical (unpaired) electrons. The van der Waals surface area contributed by atoms with E-state index >= 15 is 0 Å².